The highest BCUT2D eigenvalue weighted by Gasteiger charge is 2.24. The summed E-state index contributed by atoms with van der Waals surface area (Å²) in [6.45, 7) is 1.90. The van der Waals surface area contributed by atoms with Crippen molar-refractivity contribution < 1.29 is 21.9 Å². The average molecular weight is 294 g/mol. The van der Waals surface area contributed by atoms with Crippen LogP contribution in [0.5, 0.6) is 0 Å². The molecule has 108 valence electrons. The monoisotopic (exact) mass is 294 g/mol. The minimum absolute atomic E-state index is 0.147. The van der Waals surface area contributed by atoms with E-state index in [1.54, 1.807) is 6.92 Å². The fourth-order valence-corrected chi connectivity index (χ4v) is 2.87. The molecular formula is C11H16F2N2O3S. The maximum Gasteiger partial charge on any atom is 0.243 e. The number of hydrogen-bond acceptors (Lipinski definition) is 4. The van der Waals surface area contributed by atoms with Gasteiger partial charge >= 0.3 is 0 Å². The van der Waals surface area contributed by atoms with Crippen LogP contribution in [-0.4, -0.2) is 28.2 Å². The first-order valence-electron chi connectivity index (χ1n) is 5.57. The van der Waals surface area contributed by atoms with E-state index in [0.717, 1.165) is 6.07 Å². The Morgan fingerprint density at radius 2 is 2.00 bits per heavy atom. The predicted molar refractivity (Wildman–Crippen MR) is 67.0 cm³/mol. The van der Waals surface area contributed by atoms with Crippen molar-refractivity contribution in [2.24, 2.45) is 0 Å². The minimum atomic E-state index is -4.12. The second-order valence-corrected chi connectivity index (χ2v) is 5.67. The summed E-state index contributed by atoms with van der Waals surface area (Å²) in [5, 5.41) is 0. The Kier molecular flexibility index (Phi) is 5.21. The zero-order valence-corrected chi connectivity index (χ0v) is 11.4. The van der Waals surface area contributed by atoms with Gasteiger partial charge in [-0.25, -0.2) is 21.9 Å². The Morgan fingerprint density at radius 1 is 1.37 bits per heavy atom. The number of hydrogen-bond donors (Lipinski definition) is 2. The third-order valence-corrected chi connectivity index (χ3v) is 4.06. The number of benzene rings is 1. The quantitative estimate of drug-likeness (QED) is 0.774. The molecular weight excluding hydrogens is 278 g/mol. The molecule has 0 heterocycles. The number of sulfonamides is 1. The SMILES string of the molecule is CCC(COC)NS(=O)(=O)c1cc(N)c(F)cc1F. The molecule has 3 N–H and O–H groups in total. The first kappa shape index (κ1) is 15.8. The number of ether oxygens (including phenoxy) is 1. The topological polar surface area (TPSA) is 81.4 Å². The maximum absolute atomic E-state index is 13.5. The summed E-state index contributed by atoms with van der Waals surface area (Å²) in [6, 6.07) is 0.703. The van der Waals surface area contributed by atoms with Gasteiger partial charge in [-0.2, -0.15) is 0 Å². The molecule has 0 aliphatic carbocycles. The second-order valence-electron chi connectivity index (χ2n) is 3.99. The van der Waals surface area contributed by atoms with Crippen LogP contribution in [0.2, 0.25) is 0 Å². The van der Waals surface area contributed by atoms with Crippen LogP contribution in [0.3, 0.4) is 0 Å². The Balaban J connectivity index is 3.10. The largest absolute Gasteiger partial charge is 0.396 e. The zero-order valence-electron chi connectivity index (χ0n) is 10.6. The lowest BCUT2D eigenvalue weighted by molar-refractivity contribution is 0.173. The lowest BCUT2D eigenvalue weighted by atomic mass is 10.3. The predicted octanol–water partition coefficient (Wildman–Crippen LogP) is 1.25. The van der Waals surface area contributed by atoms with Crippen molar-refractivity contribution in [1.82, 2.24) is 4.72 Å². The molecule has 0 spiro atoms. The summed E-state index contributed by atoms with van der Waals surface area (Å²) in [5.74, 6) is -2.19. The number of halogens is 2. The average Bonchev–Trinajstić information content (AvgIpc) is 2.32. The molecule has 5 nitrogen and oxygen atoms in total. The van der Waals surface area contributed by atoms with E-state index in [0.29, 0.717) is 12.5 Å². The van der Waals surface area contributed by atoms with Crippen LogP contribution >= 0.6 is 0 Å². The number of nitrogen functional groups attached to an aromatic ring is 1. The number of rotatable bonds is 6. The summed E-state index contributed by atoms with van der Waals surface area (Å²) in [5.41, 5.74) is 4.82. The lowest BCUT2D eigenvalue weighted by Gasteiger charge is -2.16. The molecule has 0 aromatic heterocycles. The third kappa shape index (κ3) is 3.85. The van der Waals surface area contributed by atoms with Gasteiger partial charge in [-0.1, -0.05) is 6.92 Å². The van der Waals surface area contributed by atoms with Gasteiger partial charge < -0.3 is 10.5 Å². The van der Waals surface area contributed by atoms with Gasteiger partial charge in [-0.05, 0) is 12.5 Å². The Morgan fingerprint density at radius 3 is 2.53 bits per heavy atom. The fraction of sp³-hybridized carbons (Fsp3) is 0.455. The number of nitrogens with two attached hydrogens (primary N) is 1. The van der Waals surface area contributed by atoms with Gasteiger partial charge in [0.05, 0.1) is 12.3 Å². The highest BCUT2D eigenvalue weighted by atomic mass is 32.2. The van der Waals surface area contributed by atoms with E-state index in [4.69, 9.17) is 10.5 Å². The first-order valence-corrected chi connectivity index (χ1v) is 7.06. The Labute approximate surface area is 110 Å². The molecule has 0 aliphatic heterocycles. The van der Waals surface area contributed by atoms with Crippen molar-refractivity contribution in [3.8, 4) is 0 Å². The lowest BCUT2D eigenvalue weighted by Crippen LogP contribution is -2.37. The highest BCUT2D eigenvalue weighted by molar-refractivity contribution is 7.89. The van der Waals surface area contributed by atoms with Crippen LogP contribution < -0.4 is 10.5 Å². The van der Waals surface area contributed by atoms with Gasteiger partial charge in [0.25, 0.3) is 0 Å². The number of nitrogens with one attached hydrogen (secondary N) is 1. The molecule has 1 aromatic rings. The van der Waals surface area contributed by atoms with Crippen LogP contribution in [0, 0.1) is 11.6 Å². The summed E-state index contributed by atoms with van der Waals surface area (Å²) < 4.78 is 57.6. The summed E-state index contributed by atoms with van der Waals surface area (Å²) in [7, 11) is -2.69. The molecule has 0 saturated heterocycles. The van der Waals surface area contributed by atoms with Gasteiger partial charge in [-0.3, -0.25) is 0 Å². The van der Waals surface area contributed by atoms with E-state index in [1.807, 2.05) is 0 Å². The van der Waals surface area contributed by atoms with Crippen LogP contribution in [0.4, 0.5) is 14.5 Å². The van der Waals surface area contributed by atoms with Crippen molar-refractivity contribution in [3.05, 3.63) is 23.8 Å². The third-order valence-electron chi connectivity index (χ3n) is 2.52. The van der Waals surface area contributed by atoms with Gasteiger partial charge in [-0.15, -0.1) is 0 Å². The molecule has 1 atom stereocenters. The van der Waals surface area contributed by atoms with E-state index in [-0.39, 0.29) is 6.61 Å². The van der Waals surface area contributed by atoms with E-state index >= 15 is 0 Å². The van der Waals surface area contributed by atoms with Gasteiger partial charge in [0, 0.05) is 19.2 Å². The second kappa shape index (κ2) is 6.27. The van der Waals surface area contributed by atoms with E-state index in [1.165, 1.54) is 7.11 Å². The number of anilines is 1. The van der Waals surface area contributed by atoms with Crippen LogP contribution in [0.1, 0.15) is 13.3 Å². The summed E-state index contributed by atoms with van der Waals surface area (Å²) >= 11 is 0. The highest BCUT2D eigenvalue weighted by Crippen LogP contribution is 2.21. The van der Waals surface area contributed by atoms with Crippen molar-refractivity contribution in [3.63, 3.8) is 0 Å². The molecule has 8 heteroatoms. The van der Waals surface area contributed by atoms with Gasteiger partial charge in [0.2, 0.25) is 10.0 Å². The van der Waals surface area contributed by atoms with E-state index < -0.39 is 38.3 Å². The van der Waals surface area contributed by atoms with Crippen molar-refractivity contribution in [2.75, 3.05) is 19.5 Å². The van der Waals surface area contributed by atoms with Crippen molar-refractivity contribution in [1.29, 1.82) is 0 Å². The normalized spacial score (nSPS) is 13.5. The summed E-state index contributed by atoms with van der Waals surface area (Å²) in [4.78, 5) is -0.680. The minimum Gasteiger partial charge on any atom is -0.396 e. The smallest absolute Gasteiger partial charge is 0.243 e. The molecule has 1 aromatic carbocycles. The Bertz CT molecular complexity index is 549. The molecule has 0 fully saturated rings. The Hall–Kier alpha value is -1.25. The first-order chi connectivity index (χ1) is 8.81. The van der Waals surface area contributed by atoms with Gasteiger partial charge in [0.15, 0.2) is 0 Å². The molecule has 19 heavy (non-hydrogen) atoms. The molecule has 0 radical (unpaired) electrons. The van der Waals surface area contributed by atoms with Crippen molar-refractivity contribution in [2.45, 2.75) is 24.3 Å². The van der Waals surface area contributed by atoms with E-state index in [2.05, 4.69) is 4.72 Å². The number of methoxy groups -OCH3 is 1. The maximum atomic E-state index is 13.5. The molecule has 0 bridgehead atoms. The van der Waals surface area contributed by atoms with Crippen LogP contribution in [0.25, 0.3) is 0 Å². The standard InChI is InChI=1S/C11H16F2N2O3S/c1-3-7(6-18-2)15-19(16,17)11-5-10(14)8(12)4-9(11)13/h4-5,7,15H,3,6,14H2,1-2H3. The summed E-state index contributed by atoms with van der Waals surface area (Å²) in [6.07, 6.45) is 0.464. The molecule has 1 rings (SSSR count). The molecule has 0 saturated carbocycles. The van der Waals surface area contributed by atoms with Crippen LogP contribution in [0.15, 0.2) is 17.0 Å². The van der Waals surface area contributed by atoms with Crippen molar-refractivity contribution >= 4 is 15.7 Å². The zero-order chi connectivity index (χ0) is 14.6. The molecule has 1 unspecified atom stereocenters. The van der Waals surface area contributed by atoms with E-state index in [9.17, 15) is 17.2 Å². The van der Waals surface area contributed by atoms with Gasteiger partial charge in [0.1, 0.15) is 16.5 Å². The molecule has 0 amide bonds. The fourth-order valence-electron chi connectivity index (χ4n) is 1.47. The molecule has 0 aliphatic rings. The van der Waals surface area contributed by atoms with Crippen LogP contribution in [-0.2, 0) is 14.8 Å².